The molecule has 0 fully saturated rings. The molecule has 9 rings (SSSR count). The van der Waals surface area contributed by atoms with Crippen LogP contribution in [0.2, 0.25) is 0 Å². The monoisotopic (exact) mass is 702 g/mol. The molecular weight excluding hydrogens is 669 g/mol. The fraction of sp³-hybridized carbons (Fsp3) is 0.111. The van der Waals surface area contributed by atoms with Gasteiger partial charge in [0, 0.05) is 11.1 Å². The highest BCUT2D eigenvalue weighted by Gasteiger charge is 2.38. The van der Waals surface area contributed by atoms with E-state index in [0.29, 0.717) is 0 Å². The van der Waals surface area contributed by atoms with Gasteiger partial charge >= 0.3 is 0 Å². The molecule has 2 aromatic heterocycles. The third kappa shape index (κ3) is 5.26. The van der Waals surface area contributed by atoms with E-state index < -0.39 is 5.41 Å². The lowest BCUT2D eigenvalue weighted by atomic mass is 9.66. The molecule has 2 aliphatic rings. The van der Waals surface area contributed by atoms with E-state index in [9.17, 15) is 10.2 Å². The lowest BCUT2D eigenvalue weighted by Crippen LogP contribution is -2.41. The highest BCUT2D eigenvalue weighted by Crippen LogP contribution is 2.47. The van der Waals surface area contributed by atoms with Crippen molar-refractivity contribution in [1.82, 2.24) is 0 Å². The molecular formula is C45H34O4S2. The number of thiophene rings is 2. The predicted octanol–water partition coefficient (Wildman–Crippen LogP) is 8.53. The Bertz CT molecular complexity index is 2470. The highest BCUT2D eigenvalue weighted by atomic mass is 32.1. The fourth-order valence-corrected chi connectivity index (χ4v) is 9.14. The average molecular weight is 703 g/mol. The number of allylic oxidation sites excluding steroid dienone is 2. The molecule has 0 spiro atoms. The van der Waals surface area contributed by atoms with Gasteiger partial charge < -0.3 is 19.7 Å². The summed E-state index contributed by atoms with van der Waals surface area (Å²) in [7, 11) is 0. The summed E-state index contributed by atoms with van der Waals surface area (Å²) >= 11 is 3.30. The van der Waals surface area contributed by atoms with Gasteiger partial charge in [0.1, 0.15) is 24.7 Å². The van der Waals surface area contributed by atoms with E-state index in [1.54, 1.807) is 22.7 Å². The van der Waals surface area contributed by atoms with Crippen LogP contribution in [0.3, 0.4) is 0 Å². The van der Waals surface area contributed by atoms with E-state index in [1.807, 2.05) is 12.1 Å². The van der Waals surface area contributed by atoms with Crippen molar-refractivity contribution in [2.24, 2.45) is 0 Å². The molecule has 0 atom stereocenters. The summed E-state index contributed by atoms with van der Waals surface area (Å²) in [6, 6.07) is 34.9. The molecule has 0 unspecified atom stereocenters. The summed E-state index contributed by atoms with van der Waals surface area (Å²) in [5, 5.41) is 32.6. The van der Waals surface area contributed by atoms with Crippen molar-refractivity contribution in [3.8, 4) is 44.9 Å². The first kappa shape index (κ1) is 31.7. The Balaban J connectivity index is 1.33. The van der Waals surface area contributed by atoms with Crippen molar-refractivity contribution in [2.45, 2.75) is 5.41 Å². The molecule has 0 saturated carbocycles. The van der Waals surface area contributed by atoms with E-state index in [0.717, 1.165) is 44.9 Å². The van der Waals surface area contributed by atoms with Gasteiger partial charge in [-0.2, -0.15) is 22.7 Å². The Hall–Kier alpha value is -5.24. The van der Waals surface area contributed by atoms with Crippen molar-refractivity contribution in [3.05, 3.63) is 163 Å². The number of hydrogen-bond donors (Lipinski definition) is 2. The summed E-state index contributed by atoms with van der Waals surface area (Å²) in [4.78, 5) is 0. The van der Waals surface area contributed by atoms with Crippen LogP contribution in [-0.4, -0.2) is 36.6 Å². The molecule has 5 aromatic carbocycles. The maximum absolute atomic E-state index is 9.63. The molecule has 6 heteroatoms. The van der Waals surface area contributed by atoms with Gasteiger partial charge in [0.15, 0.2) is 0 Å². The minimum absolute atomic E-state index is 0.0595. The molecule has 0 bridgehead atoms. The number of aliphatic hydroxyl groups excluding tert-OH is 2. The second-order valence-corrected chi connectivity index (χ2v) is 14.4. The molecule has 51 heavy (non-hydrogen) atoms. The van der Waals surface area contributed by atoms with Crippen molar-refractivity contribution in [1.29, 1.82) is 0 Å². The Morgan fingerprint density at radius 3 is 1.88 bits per heavy atom. The minimum atomic E-state index is -0.676. The number of ether oxygens (including phenoxy) is 2. The second kappa shape index (κ2) is 13.1. The molecule has 2 N–H and O–H groups in total. The number of benzene rings is 5. The first-order valence-electron chi connectivity index (χ1n) is 17.1. The maximum Gasteiger partial charge on any atom is 0.127 e. The topological polar surface area (TPSA) is 58.9 Å². The van der Waals surface area contributed by atoms with Gasteiger partial charge in [0.2, 0.25) is 0 Å². The molecule has 0 aliphatic heterocycles. The molecule has 2 heterocycles. The molecule has 0 amide bonds. The lowest BCUT2D eigenvalue weighted by Gasteiger charge is -2.36. The van der Waals surface area contributed by atoms with E-state index in [4.69, 9.17) is 9.47 Å². The molecule has 4 nitrogen and oxygen atoms in total. The SMILES string of the molecule is OCCOc1ccc(C2(c3ccc(OCCO)c(-c4ccsc4)c3)C=CC=c3c2ccc2c3=Cc3c-2ccc2ccccc32)cc1-c1ccsc1. The van der Waals surface area contributed by atoms with Gasteiger partial charge in [-0.15, -0.1) is 0 Å². The number of hydrogen-bond acceptors (Lipinski definition) is 6. The number of aliphatic hydroxyl groups is 2. The first-order valence-corrected chi connectivity index (χ1v) is 19.0. The van der Waals surface area contributed by atoms with E-state index in [1.165, 1.54) is 43.5 Å². The van der Waals surface area contributed by atoms with E-state index >= 15 is 0 Å². The third-order valence-electron chi connectivity index (χ3n) is 10.1. The zero-order chi connectivity index (χ0) is 34.4. The molecule has 0 radical (unpaired) electrons. The normalized spacial score (nSPS) is 13.6. The van der Waals surface area contributed by atoms with Crippen LogP contribution in [0.15, 0.2) is 131 Å². The number of rotatable bonds is 10. The lowest BCUT2D eigenvalue weighted by molar-refractivity contribution is 0.202. The predicted molar refractivity (Wildman–Crippen MR) is 210 cm³/mol. The molecule has 7 aromatic rings. The summed E-state index contributed by atoms with van der Waals surface area (Å²) in [5.74, 6) is 1.48. The van der Waals surface area contributed by atoms with E-state index in [-0.39, 0.29) is 26.4 Å². The van der Waals surface area contributed by atoms with Crippen molar-refractivity contribution >= 4 is 45.6 Å². The summed E-state index contributed by atoms with van der Waals surface area (Å²) < 4.78 is 12.2. The van der Waals surface area contributed by atoms with Gasteiger partial charge in [0.05, 0.1) is 18.6 Å². The van der Waals surface area contributed by atoms with Crippen LogP contribution in [0, 0.1) is 0 Å². The standard InChI is InChI=1S/C45H34O4S2/c46-18-20-48-43-13-8-32(24-38(43)30-15-22-50-27-30)45(33-9-14-44(49-21-19-47)39(25-33)31-16-23-51-28-31)17-3-6-37-41-26-40-34-5-2-1-4-29(34)7-10-35(40)36(41)11-12-42(37)45/h1-17,22-28,46-47H,18-21H2. The van der Waals surface area contributed by atoms with Crippen molar-refractivity contribution in [2.75, 3.05) is 26.4 Å². The van der Waals surface area contributed by atoms with Gasteiger partial charge in [-0.1, -0.05) is 78.9 Å². The minimum Gasteiger partial charge on any atom is -0.491 e. The van der Waals surface area contributed by atoms with Crippen LogP contribution in [0.1, 0.15) is 22.3 Å². The molecule has 2 aliphatic carbocycles. The maximum atomic E-state index is 9.63. The largest absolute Gasteiger partial charge is 0.491 e. The quantitative estimate of drug-likeness (QED) is 0.150. The van der Waals surface area contributed by atoms with Crippen LogP contribution in [0.25, 0.3) is 56.3 Å². The van der Waals surface area contributed by atoms with Crippen molar-refractivity contribution in [3.63, 3.8) is 0 Å². The van der Waals surface area contributed by atoms with Gasteiger partial charge in [-0.3, -0.25) is 0 Å². The smallest absolute Gasteiger partial charge is 0.127 e. The van der Waals surface area contributed by atoms with Crippen LogP contribution in [-0.2, 0) is 5.41 Å². The van der Waals surface area contributed by atoms with Crippen molar-refractivity contribution < 1.29 is 19.7 Å². The van der Waals surface area contributed by atoms with Gasteiger partial charge in [-0.25, -0.2) is 0 Å². The fourth-order valence-electron chi connectivity index (χ4n) is 7.83. The van der Waals surface area contributed by atoms with Crippen LogP contribution in [0.4, 0.5) is 0 Å². The molecule has 250 valence electrons. The van der Waals surface area contributed by atoms with Crippen LogP contribution >= 0.6 is 22.7 Å². The Morgan fingerprint density at radius 1 is 0.608 bits per heavy atom. The average Bonchev–Trinajstić information content (AvgIpc) is 3.98. The highest BCUT2D eigenvalue weighted by molar-refractivity contribution is 7.08. The van der Waals surface area contributed by atoms with Crippen LogP contribution in [0.5, 0.6) is 11.5 Å². The zero-order valence-corrected chi connectivity index (χ0v) is 29.3. The van der Waals surface area contributed by atoms with Gasteiger partial charge in [-0.05, 0) is 130 Å². The number of fused-ring (bicyclic) bond motifs is 7. The summed E-state index contributed by atoms with van der Waals surface area (Å²) in [6.45, 7) is 0.317. The summed E-state index contributed by atoms with van der Waals surface area (Å²) in [5.41, 5.74) is 10.6. The zero-order valence-electron chi connectivity index (χ0n) is 27.7. The second-order valence-electron chi connectivity index (χ2n) is 12.8. The Kier molecular flexibility index (Phi) is 8.17. The third-order valence-corrected chi connectivity index (χ3v) is 11.5. The summed E-state index contributed by atoms with van der Waals surface area (Å²) in [6.07, 6.45) is 9.16. The Labute approximate surface area is 304 Å². The van der Waals surface area contributed by atoms with Gasteiger partial charge in [0.25, 0.3) is 0 Å². The van der Waals surface area contributed by atoms with Crippen LogP contribution < -0.4 is 19.9 Å². The van der Waals surface area contributed by atoms with E-state index in [2.05, 4.69) is 131 Å². The first-order chi connectivity index (χ1) is 25.2. The molecule has 0 saturated heterocycles. The Morgan fingerprint density at radius 2 is 1.25 bits per heavy atom.